The highest BCUT2D eigenvalue weighted by atomic mass is 79.9. The molecule has 2 aliphatic rings. The maximum absolute atomic E-state index is 13.9. The summed E-state index contributed by atoms with van der Waals surface area (Å²) >= 11 is 4.66. The zero-order valence-corrected chi connectivity index (χ0v) is 22.3. The maximum atomic E-state index is 13.9. The second-order valence-electron chi connectivity index (χ2n) is 9.00. The van der Waals surface area contributed by atoms with Crippen molar-refractivity contribution in [3.63, 3.8) is 0 Å². The van der Waals surface area contributed by atoms with E-state index in [1.807, 2.05) is 36.4 Å². The molecule has 6 rings (SSSR count). The number of pyridine rings is 1. The topological polar surface area (TPSA) is 91.5 Å². The normalized spacial score (nSPS) is 26.8. The van der Waals surface area contributed by atoms with Gasteiger partial charge in [-0.2, -0.15) is 0 Å². The molecule has 0 radical (unpaired) electrons. The van der Waals surface area contributed by atoms with Gasteiger partial charge < -0.3 is 19.3 Å². The van der Waals surface area contributed by atoms with Gasteiger partial charge in [0, 0.05) is 32.9 Å². The molecule has 13 heteroatoms. The van der Waals surface area contributed by atoms with E-state index >= 15 is 0 Å². The van der Waals surface area contributed by atoms with Crippen LogP contribution in [0, 0.1) is 17.5 Å². The fraction of sp³-hybridized carbons (Fsp3) is 0.269. The lowest BCUT2D eigenvalue weighted by molar-refractivity contribution is -0.306. The van der Waals surface area contributed by atoms with Crippen molar-refractivity contribution in [3.05, 3.63) is 94.6 Å². The van der Waals surface area contributed by atoms with Gasteiger partial charge in [0.05, 0.1) is 12.8 Å². The van der Waals surface area contributed by atoms with Crippen molar-refractivity contribution in [3.8, 4) is 11.3 Å². The van der Waals surface area contributed by atoms with Crippen molar-refractivity contribution in [2.45, 2.75) is 41.0 Å². The van der Waals surface area contributed by atoms with Gasteiger partial charge in [-0.15, -0.1) is 5.10 Å². The highest BCUT2D eigenvalue weighted by Gasteiger charge is 2.51. The Hall–Kier alpha value is -2.81. The number of aromatic nitrogens is 4. The molecule has 4 heterocycles. The molecule has 202 valence electrons. The van der Waals surface area contributed by atoms with Crippen molar-refractivity contribution in [2.75, 3.05) is 6.61 Å². The fourth-order valence-corrected chi connectivity index (χ4v) is 6.21. The summed E-state index contributed by atoms with van der Waals surface area (Å²) in [6.07, 6.45) is 1.56. The third-order valence-corrected chi connectivity index (χ3v) is 7.98. The third-order valence-electron chi connectivity index (χ3n) is 6.43. The summed E-state index contributed by atoms with van der Waals surface area (Å²) in [7, 11) is 0. The van der Waals surface area contributed by atoms with Crippen molar-refractivity contribution in [1.29, 1.82) is 0 Å². The number of benzene rings is 2. The molecule has 4 aromatic rings. The Bertz CT molecular complexity index is 1460. The zero-order chi connectivity index (χ0) is 27.1. The summed E-state index contributed by atoms with van der Waals surface area (Å²) < 4.78 is 61.9. The Morgan fingerprint density at radius 3 is 2.54 bits per heavy atom. The number of aliphatic hydroxyl groups excluding tert-OH is 1. The largest absolute Gasteiger partial charge is 0.387 e. The molecule has 0 bridgehead atoms. The molecule has 2 fully saturated rings. The highest BCUT2D eigenvalue weighted by molar-refractivity contribution is 9.10. The molecule has 1 N–H and O–H groups in total. The Kier molecular flexibility index (Phi) is 7.44. The van der Waals surface area contributed by atoms with Crippen LogP contribution in [0.4, 0.5) is 13.2 Å². The van der Waals surface area contributed by atoms with Crippen LogP contribution in [-0.2, 0) is 14.2 Å². The van der Waals surface area contributed by atoms with Crippen LogP contribution in [0.15, 0.2) is 76.5 Å². The smallest absolute Gasteiger partial charge is 0.194 e. The summed E-state index contributed by atoms with van der Waals surface area (Å²) in [5, 5.41) is 19.8. The first-order chi connectivity index (χ1) is 18.9. The zero-order valence-electron chi connectivity index (χ0n) is 19.9. The van der Waals surface area contributed by atoms with Gasteiger partial charge in [0.15, 0.2) is 23.7 Å². The van der Waals surface area contributed by atoms with E-state index in [0.29, 0.717) is 0 Å². The minimum Gasteiger partial charge on any atom is -0.387 e. The molecular weight excluding hydrogens is 601 g/mol. The van der Waals surface area contributed by atoms with E-state index < -0.39 is 53.5 Å². The Balaban J connectivity index is 1.34. The predicted octanol–water partition coefficient (Wildman–Crippen LogP) is 5.05. The van der Waals surface area contributed by atoms with Crippen LogP contribution in [0.2, 0.25) is 0 Å². The molecule has 3 unspecified atom stereocenters. The van der Waals surface area contributed by atoms with Gasteiger partial charge in [0.1, 0.15) is 35.5 Å². The molecule has 39 heavy (non-hydrogen) atoms. The molecule has 2 aliphatic heterocycles. The number of fused-ring (bicyclic) bond motifs is 1. The summed E-state index contributed by atoms with van der Waals surface area (Å²) in [6.45, 7) is 0.178. The lowest BCUT2D eigenvalue weighted by Gasteiger charge is -2.47. The molecule has 2 aromatic carbocycles. The molecule has 6 atom stereocenters. The summed E-state index contributed by atoms with van der Waals surface area (Å²) in [5.74, 6) is -4.26. The second kappa shape index (κ2) is 11.0. The van der Waals surface area contributed by atoms with E-state index in [1.54, 1.807) is 12.4 Å². The van der Waals surface area contributed by atoms with Gasteiger partial charge in [0.2, 0.25) is 0 Å². The summed E-state index contributed by atoms with van der Waals surface area (Å²) in [6, 6.07) is 12.0. The van der Waals surface area contributed by atoms with Crippen molar-refractivity contribution in [2.24, 2.45) is 0 Å². The van der Waals surface area contributed by atoms with Crippen LogP contribution in [0.3, 0.4) is 0 Å². The Morgan fingerprint density at radius 2 is 1.79 bits per heavy atom. The number of thioether (sulfide) groups is 1. The minimum atomic E-state index is -1.57. The van der Waals surface area contributed by atoms with Crippen LogP contribution in [0.5, 0.6) is 0 Å². The van der Waals surface area contributed by atoms with Gasteiger partial charge in [-0.05, 0) is 34.1 Å². The van der Waals surface area contributed by atoms with Crippen LogP contribution >= 0.6 is 27.7 Å². The Morgan fingerprint density at radius 1 is 1.03 bits per heavy atom. The maximum Gasteiger partial charge on any atom is 0.194 e. The van der Waals surface area contributed by atoms with E-state index in [1.165, 1.54) is 22.6 Å². The van der Waals surface area contributed by atoms with E-state index in [-0.39, 0.29) is 17.9 Å². The number of hydrogen-bond acceptors (Lipinski definition) is 8. The number of nitrogens with zero attached hydrogens (tertiary/aromatic N) is 4. The molecule has 0 spiro atoms. The number of ether oxygens (including phenoxy) is 3. The molecule has 0 saturated carbocycles. The predicted molar refractivity (Wildman–Crippen MR) is 137 cm³/mol. The average molecular weight is 621 g/mol. The summed E-state index contributed by atoms with van der Waals surface area (Å²) in [4.78, 5) is 4.92. The van der Waals surface area contributed by atoms with E-state index in [0.717, 1.165) is 27.1 Å². The van der Waals surface area contributed by atoms with Crippen molar-refractivity contribution >= 4 is 27.7 Å². The molecule has 2 aromatic heterocycles. The van der Waals surface area contributed by atoms with Crippen LogP contribution in [0.25, 0.3) is 11.3 Å². The van der Waals surface area contributed by atoms with Crippen molar-refractivity contribution in [1.82, 2.24) is 20.0 Å². The number of rotatable bonds is 5. The standard InChI is InChI=1S/C26H20BrF3N4O4S/c27-15-8-16(10-31-9-15)39-26-23(35)22(24-20(37-26)12-36-25(38-24)13-4-2-1-3-5-13)34-11-19(32-33-34)14-6-17(28)21(30)18(29)7-14/h1-11,20,22-26,35H,12H2/t20?,22?,23-,24-,25?,26+/m0/s1. The third kappa shape index (κ3) is 5.34. The summed E-state index contributed by atoms with van der Waals surface area (Å²) in [5.41, 5.74) is 0.116. The quantitative estimate of drug-likeness (QED) is 0.310. The fourth-order valence-electron chi connectivity index (χ4n) is 4.61. The highest BCUT2D eigenvalue weighted by Crippen LogP contribution is 2.43. The first kappa shape index (κ1) is 26.4. The number of halogens is 4. The first-order valence-corrected chi connectivity index (χ1v) is 13.5. The SMILES string of the molecule is O[C@H]1C(n2cc(-c3cc(F)c(F)c(F)c3)nn2)[C@H]2OC(c3ccccc3)OCC2O[C@@H]1Sc1cncc(Br)c1. The van der Waals surface area contributed by atoms with E-state index in [2.05, 4.69) is 31.2 Å². The van der Waals surface area contributed by atoms with Crippen LogP contribution in [-0.4, -0.2) is 55.4 Å². The van der Waals surface area contributed by atoms with Gasteiger partial charge in [0.25, 0.3) is 0 Å². The van der Waals surface area contributed by atoms with E-state index in [9.17, 15) is 18.3 Å². The van der Waals surface area contributed by atoms with E-state index in [4.69, 9.17) is 14.2 Å². The molecular formula is C26H20BrF3N4O4S. The molecule has 8 nitrogen and oxygen atoms in total. The molecule has 2 saturated heterocycles. The Labute approximate surface area is 233 Å². The number of hydrogen-bond donors (Lipinski definition) is 1. The molecule has 0 amide bonds. The minimum absolute atomic E-state index is 0.00283. The second-order valence-corrected chi connectivity index (χ2v) is 11.1. The number of aliphatic hydroxyl groups is 1. The monoisotopic (exact) mass is 620 g/mol. The molecule has 0 aliphatic carbocycles. The van der Waals surface area contributed by atoms with Crippen LogP contribution in [0.1, 0.15) is 17.9 Å². The average Bonchev–Trinajstić information content (AvgIpc) is 3.42. The van der Waals surface area contributed by atoms with Gasteiger partial charge >= 0.3 is 0 Å². The van der Waals surface area contributed by atoms with Crippen LogP contribution < -0.4 is 0 Å². The van der Waals surface area contributed by atoms with Crippen molar-refractivity contribution < 1.29 is 32.5 Å². The lowest BCUT2D eigenvalue weighted by atomic mass is 9.96. The van der Waals surface area contributed by atoms with Gasteiger partial charge in [-0.25, -0.2) is 17.9 Å². The lowest BCUT2D eigenvalue weighted by Crippen LogP contribution is -2.58. The van der Waals surface area contributed by atoms with Gasteiger partial charge in [-0.1, -0.05) is 47.3 Å². The first-order valence-electron chi connectivity index (χ1n) is 11.9. The van der Waals surface area contributed by atoms with Gasteiger partial charge in [-0.3, -0.25) is 4.98 Å².